The molecule has 8 heteroatoms. The van der Waals surface area contributed by atoms with Crippen LogP contribution >= 0.6 is 11.6 Å². The molecule has 7 nitrogen and oxygen atoms in total. The van der Waals surface area contributed by atoms with Gasteiger partial charge in [-0.3, -0.25) is 4.79 Å². The molecule has 0 saturated heterocycles. The Hall–Kier alpha value is -3.84. The van der Waals surface area contributed by atoms with E-state index in [9.17, 15) is 4.79 Å². The Labute approximate surface area is 209 Å². The van der Waals surface area contributed by atoms with Gasteiger partial charge in [-0.25, -0.2) is 0 Å². The normalized spacial score (nSPS) is 11.8. The first-order chi connectivity index (χ1) is 16.9. The third kappa shape index (κ3) is 6.19. The third-order valence-corrected chi connectivity index (χ3v) is 5.70. The highest BCUT2D eigenvalue weighted by molar-refractivity contribution is 6.30. The second-order valence-electron chi connectivity index (χ2n) is 8.32. The maximum atomic E-state index is 12.9. The lowest BCUT2D eigenvalue weighted by Gasteiger charge is -2.18. The second-order valence-corrected chi connectivity index (χ2v) is 8.76. The highest BCUT2D eigenvalue weighted by Crippen LogP contribution is 2.25. The molecule has 0 aliphatic heterocycles. The van der Waals surface area contributed by atoms with E-state index in [1.165, 1.54) is 0 Å². The molecule has 0 fully saturated rings. The van der Waals surface area contributed by atoms with E-state index in [1.54, 1.807) is 31.4 Å². The van der Waals surface area contributed by atoms with Gasteiger partial charge in [-0.2, -0.15) is 4.98 Å². The Kier molecular flexibility index (Phi) is 7.67. The summed E-state index contributed by atoms with van der Waals surface area (Å²) in [7, 11) is 1.61. The topological polar surface area (TPSA) is 86.5 Å². The van der Waals surface area contributed by atoms with Gasteiger partial charge in [0.2, 0.25) is 11.7 Å². The summed E-state index contributed by atoms with van der Waals surface area (Å²) in [6.45, 7) is 4.37. The summed E-state index contributed by atoms with van der Waals surface area (Å²) >= 11 is 5.91. The van der Waals surface area contributed by atoms with Crippen molar-refractivity contribution in [2.24, 2.45) is 5.92 Å². The molecule has 1 atom stereocenters. The van der Waals surface area contributed by atoms with Crippen LogP contribution in [-0.4, -0.2) is 23.2 Å². The van der Waals surface area contributed by atoms with Crippen molar-refractivity contribution in [1.82, 2.24) is 15.5 Å². The molecule has 180 valence electrons. The van der Waals surface area contributed by atoms with Gasteiger partial charge in [-0.05, 0) is 72.1 Å². The number of aromatic nitrogens is 2. The fourth-order valence-electron chi connectivity index (χ4n) is 3.41. The second kappa shape index (κ2) is 11.1. The van der Waals surface area contributed by atoms with Gasteiger partial charge < -0.3 is 19.3 Å². The molecule has 4 rings (SSSR count). The Bertz CT molecular complexity index is 1250. The molecule has 1 amide bonds. The van der Waals surface area contributed by atoms with E-state index < -0.39 is 6.04 Å². The molecule has 0 saturated carbocycles. The summed E-state index contributed by atoms with van der Waals surface area (Å²) in [5, 5.41) is 7.77. The summed E-state index contributed by atoms with van der Waals surface area (Å²) in [5.41, 5.74) is 2.30. The SMILES string of the molecule is COc1ccc(-c2noc([C@H](NC(=O)c3ccc(OCc4ccc(Cl)cc4)cc3)C(C)C)n2)cc1. The van der Waals surface area contributed by atoms with Crippen LogP contribution in [0.1, 0.15) is 41.7 Å². The van der Waals surface area contributed by atoms with Gasteiger partial charge in [0.15, 0.2) is 0 Å². The minimum Gasteiger partial charge on any atom is -0.497 e. The molecule has 4 aromatic rings. The average Bonchev–Trinajstić information content (AvgIpc) is 3.37. The molecule has 0 radical (unpaired) electrons. The van der Waals surface area contributed by atoms with E-state index in [0.29, 0.717) is 34.7 Å². The first kappa shape index (κ1) is 24.3. The number of carbonyl (C=O) groups is 1. The standard InChI is InChI=1S/C27H26ClN3O4/c1-17(2)24(27-30-25(31-35-27)19-6-12-22(33-3)13-7-19)29-26(32)20-8-14-23(15-9-20)34-16-18-4-10-21(28)11-5-18/h4-15,17,24H,16H2,1-3H3,(H,29,32)/t24-/m1/s1. The van der Waals surface area contributed by atoms with Crippen LogP contribution in [0.5, 0.6) is 11.5 Å². The van der Waals surface area contributed by atoms with E-state index >= 15 is 0 Å². The number of carbonyl (C=O) groups excluding carboxylic acids is 1. The number of amides is 1. The lowest BCUT2D eigenvalue weighted by atomic mass is 10.0. The minimum absolute atomic E-state index is 0.0325. The predicted octanol–water partition coefficient (Wildman–Crippen LogP) is 6.10. The number of methoxy groups -OCH3 is 1. The van der Waals surface area contributed by atoms with Crippen molar-refractivity contribution in [3.8, 4) is 22.9 Å². The van der Waals surface area contributed by atoms with Crippen molar-refractivity contribution in [2.45, 2.75) is 26.5 Å². The van der Waals surface area contributed by atoms with Crippen molar-refractivity contribution in [3.05, 3.63) is 94.8 Å². The molecule has 0 aliphatic carbocycles. The lowest BCUT2D eigenvalue weighted by molar-refractivity contribution is 0.0914. The number of ether oxygens (including phenoxy) is 2. The van der Waals surface area contributed by atoms with E-state index in [2.05, 4.69) is 15.5 Å². The van der Waals surface area contributed by atoms with Gasteiger partial charge in [0, 0.05) is 16.1 Å². The summed E-state index contributed by atoms with van der Waals surface area (Å²) in [6, 6.07) is 21.4. The van der Waals surface area contributed by atoms with Crippen molar-refractivity contribution in [2.75, 3.05) is 7.11 Å². The summed E-state index contributed by atoms with van der Waals surface area (Å²) in [4.78, 5) is 17.4. The quantitative estimate of drug-likeness (QED) is 0.304. The Balaban J connectivity index is 1.40. The third-order valence-electron chi connectivity index (χ3n) is 5.44. The molecule has 1 heterocycles. The molecule has 1 N–H and O–H groups in total. The van der Waals surface area contributed by atoms with Gasteiger partial charge in [-0.15, -0.1) is 0 Å². The number of nitrogens with zero attached hydrogens (tertiary/aromatic N) is 2. The zero-order valence-corrected chi connectivity index (χ0v) is 20.5. The Morgan fingerprint density at radius 3 is 2.26 bits per heavy atom. The number of rotatable bonds is 9. The summed E-state index contributed by atoms with van der Waals surface area (Å²) in [5.74, 6) is 2.00. The maximum absolute atomic E-state index is 12.9. The van der Waals surface area contributed by atoms with Gasteiger partial charge >= 0.3 is 0 Å². The fraction of sp³-hybridized carbons (Fsp3) is 0.222. The summed E-state index contributed by atoms with van der Waals surface area (Å²) in [6.07, 6.45) is 0. The maximum Gasteiger partial charge on any atom is 0.251 e. The fourth-order valence-corrected chi connectivity index (χ4v) is 3.53. The van der Waals surface area contributed by atoms with Crippen LogP contribution in [0, 0.1) is 5.92 Å². The lowest BCUT2D eigenvalue weighted by Crippen LogP contribution is -2.32. The van der Waals surface area contributed by atoms with Crippen LogP contribution in [0.2, 0.25) is 5.02 Å². The van der Waals surface area contributed by atoms with Crippen LogP contribution in [0.15, 0.2) is 77.3 Å². The van der Waals surface area contributed by atoms with Gasteiger partial charge in [0.1, 0.15) is 24.1 Å². The monoisotopic (exact) mass is 491 g/mol. The number of nitrogens with one attached hydrogen (secondary N) is 1. The molecular weight excluding hydrogens is 466 g/mol. The zero-order chi connectivity index (χ0) is 24.8. The Morgan fingerprint density at radius 2 is 1.63 bits per heavy atom. The van der Waals surface area contributed by atoms with E-state index in [4.69, 9.17) is 25.6 Å². The molecule has 0 aliphatic rings. The highest BCUT2D eigenvalue weighted by atomic mass is 35.5. The molecule has 0 spiro atoms. The summed E-state index contributed by atoms with van der Waals surface area (Å²) < 4.78 is 16.5. The predicted molar refractivity (Wildman–Crippen MR) is 134 cm³/mol. The first-order valence-corrected chi connectivity index (χ1v) is 11.6. The molecule has 35 heavy (non-hydrogen) atoms. The van der Waals surface area contributed by atoms with Crippen LogP contribution in [0.4, 0.5) is 0 Å². The molecular formula is C27H26ClN3O4. The molecule has 0 unspecified atom stereocenters. The largest absolute Gasteiger partial charge is 0.497 e. The number of halogens is 1. The molecule has 3 aromatic carbocycles. The van der Waals surface area contributed by atoms with Crippen molar-refractivity contribution in [1.29, 1.82) is 0 Å². The van der Waals surface area contributed by atoms with Gasteiger partial charge in [0.25, 0.3) is 5.91 Å². The number of benzene rings is 3. The Morgan fingerprint density at radius 1 is 0.971 bits per heavy atom. The van der Waals surface area contributed by atoms with Crippen molar-refractivity contribution < 1.29 is 18.8 Å². The van der Waals surface area contributed by atoms with E-state index in [0.717, 1.165) is 16.9 Å². The minimum atomic E-state index is -0.442. The first-order valence-electron chi connectivity index (χ1n) is 11.2. The van der Waals surface area contributed by atoms with Gasteiger partial charge in [-0.1, -0.05) is 42.7 Å². The van der Waals surface area contributed by atoms with Crippen molar-refractivity contribution >= 4 is 17.5 Å². The van der Waals surface area contributed by atoms with Crippen LogP contribution in [0.3, 0.4) is 0 Å². The number of hydrogen-bond acceptors (Lipinski definition) is 6. The van der Waals surface area contributed by atoms with Crippen molar-refractivity contribution in [3.63, 3.8) is 0 Å². The van der Waals surface area contributed by atoms with E-state index in [-0.39, 0.29) is 11.8 Å². The smallest absolute Gasteiger partial charge is 0.251 e. The van der Waals surface area contributed by atoms with E-state index in [1.807, 2.05) is 62.4 Å². The molecule has 1 aromatic heterocycles. The van der Waals surface area contributed by atoms with Gasteiger partial charge in [0.05, 0.1) is 7.11 Å². The zero-order valence-electron chi connectivity index (χ0n) is 19.7. The number of hydrogen-bond donors (Lipinski definition) is 1. The van der Waals surface area contributed by atoms with Crippen LogP contribution in [-0.2, 0) is 6.61 Å². The van der Waals surface area contributed by atoms with Crippen LogP contribution < -0.4 is 14.8 Å². The van der Waals surface area contributed by atoms with Crippen LogP contribution in [0.25, 0.3) is 11.4 Å². The average molecular weight is 492 g/mol. The highest BCUT2D eigenvalue weighted by Gasteiger charge is 2.25. The molecule has 0 bridgehead atoms.